The first kappa shape index (κ1) is 21.2. The van der Waals surface area contributed by atoms with E-state index in [1.54, 1.807) is 0 Å². The quantitative estimate of drug-likeness (QED) is 0.374. The van der Waals surface area contributed by atoms with Crippen molar-refractivity contribution >= 4 is 29.9 Å². The van der Waals surface area contributed by atoms with Crippen LogP contribution in [0.5, 0.6) is 0 Å². The monoisotopic (exact) mass is 463 g/mol. The molecule has 0 amide bonds. The Morgan fingerprint density at radius 1 is 1.04 bits per heavy atom. The van der Waals surface area contributed by atoms with Crippen LogP contribution in [0.4, 0.5) is 0 Å². The van der Waals surface area contributed by atoms with E-state index in [4.69, 9.17) is 0 Å². The predicted octanol–water partition coefficient (Wildman–Crippen LogP) is 2.52. The highest BCUT2D eigenvalue weighted by molar-refractivity contribution is 14.0. The lowest BCUT2D eigenvalue weighted by molar-refractivity contribution is 0.213. The molecular formula is C19H38IN5. The molecule has 3 fully saturated rings. The van der Waals surface area contributed by atoms with Gasteiger partial charge in [0.2, 0.25) is 0 Å². The lowest BCUT2D eigenvalue weighted by Crippen LogP contribution is -2.45. The van der Waals surface area contributed by atoms with Gasteiger partial charge in [-0.2, -0.15) is 0 Å². The Bertz CT molecular complexity index is 403. The summed E-state index contributed by atoms with van der Waals surface area (Å²) in [7, 11) is 4.13. The molecule has 146 valence electrons. The number of hydrogen-bond acceptors (Lipinski definition) is 3. The molecule has 2 N–H and O–H groups in total. The van der Waals surface area contributed by atoms with Crippen LogP contribution in [0, 0.1) is 5.92 Å². The molecule has 1 saturated carbocycles. The molecule has 0 spiro atoms. The molecule has 0 aromatic carbocycles. The average molecular weight is 463 g/mol. The number of likely N-dealkylation sites (tertiary alicyclic amines) is 2. The van der Waals surface area contributed by atoms with Gasteiger partial charge in [-0.3, -0.25) is 9.89 Å². The zero-order valence-corrected chi connectivity index (χ0v) is 18.5. The first-order chi connectivity index (χ1) is 11.7. The first-order valence-electron chi connectivity index (χ1n) is 10.1. The SMILES string of the molecule is CN=C(NCCC1CCN(C)CC1)NC1CCN(C2CCCC2)C1.I. The standard InChI is InChI=1S/C19H37N5.HI/c1-20-19(21-11-7-16-8-12-23(2)13-9-16)22-17-10-14-24(15-17)18-5-3-4-6-18;/h16-18H,3-15H2,1-2H3,(H2,20,21,22);1H. The first-order valence-corrected chi connectivity index (χ1v) is 10.1. The van der Waals surface area contributed by atoms with Crippen molar-refractivity contribution in [1.82, 2.24) is 20.4 Å². The number of hydrogen-bond donors (Lipinski definition) is 2. The average Bonchev–Trinajstić information content (AvgIpc) is 3.27. The summed E-state index contributed by atoms with van der Waals surface area (Å²) in [5.74, 6) is 1.89. The summed E-state index contributed by atoms with van der Waals surface area (Å²) >= 11 is 0. The number of piperidine rings is 1. The van der Waals surface area contributed by atoms with Gasteiger partial charge in [0.1, 0.15) is 0 Å². The fourth-order valence-corrected chi connectivity index (χ4v) is 4.64. The van der Waals surface area contributed by atoms with E-state index in [0.717, 1.165) is 24.5 Å². The number of halogens is 1. The summed E-state index contributed by atoms with van der Waals surface area (Å²) in [6, 6.07) is 1.43. The van der Waals surface area contributed by atoms with Crippen LogP contribution in [-0.4, -0.2) is 74.7 Å². The molecule has 2 aliphatic heterocycles. The van der Waals surface area contributed by atoms with E-state index >= 15 is 0 Å². The van der Waals surface area contributed by atoms with Crippen molar-refractivity contribution in [3.05, 3.63) is 0 Å². The van der Waals surface area contributed by atoms with Crippen molar-refractivity contribution in [2.45, 2.75) is 63.5 Å². The summed E-state index contributed by atoms with van der Waals surface area (Å²) in [6.07, 6.45) is 10.9. The highest BCUT2D eigenvalue weighted by Crippen LogP contribution is 2.26. The minimum Gasteiger partial charge on any atom is -0.356 e. The van der Waals surface area contributed by atoms with Crippen LogP contribution in [0.15, 0.2) is 4.99 Å². The molecule has 3 rings (SSSR count). The molecule has 3 aliphatic rings. The van der Waals surface area contributed by atoms with Crippen LogP contribution in [0.2, 0.25) is 0 Å². The Hall–Kier alpha value is -0.0800. The summed E-state index contributed by atoms with van der Waals surface area (Å²) in [5, 5.41) is 7.20. The highest BCUT2D eigenvalue weighted by Gasteiger charge is 2.30. The van der Waals surface area contributed by atoms with Crippen LogP contribution in [0.25, 0.3) is 0 Å². The van der Waals surface area contributed by atoms with Crippen LogP contribution >= 0.6 is 24.0 Å². The molecule has 0 aromatic rings. The lowest BCUT2D eigenvalue weighted by Gasteiger charge is -2.29. The predicted molar refractivity (Wildman–Crippen MR) is 117 cm³/mol. The van der Waals surface area contributed by atoms with Crippen molar-refractivity contribution in [2.75, 3.05) is 46.8 Å². The molecule has 2 saturated heterocycles. The normalized spacial score (nSPS) is 27.4. The molecule has 25 heavy (non-hydrogen) atoms. The molecule has 2 heterocycles. The molecular weight excluding hydrogens is 425 g/mol. The minimum atomic E-state index is 0. The number of aliphatic imine (C=N–C) groups is 1. The second-order valence-electron chi connectivity index (χ2n) is 8.10. The second kappa shape index (κ2) is 10.9. The third-order valence-electron chi connectivity index (χ3n) is 6.31. The van der Waals surface area contributed by atoms with E-state index in [2.05, 4.69) is 32.5 Å². The molecule has 5 nitrogen and oxygen atoms in total. The van der Waals surface area contributed by atoms with Gasteiger partial charge in [-0.05, 0) is 64.6 Å². The fraction of sp³-hybridized carbons (Fsp3) is 0.947. The van der Waals surface area contributed by atoms with Crippen LogP contribution < -0.4 is 10.6 Å². The maximum absolute atomic E-state index is 4.44. The van der Waals surface area contributed by atoms with Gasteiger partial charge in [-0.1, -0.05) is 12.8 Å². The van der Waals surface area contributed by atoms with Gasteiger partial charge >= 0.3 is 0 Å². The van der Waals surface area contributed by atoms with Crippen molar-refractivity contribution < 1.29 is 0 Å². The van der Waals surface area contributed by atoms with E-state index in [0.29, 0.717) is 6.04 Å². The molecule has 0 radical (unpaired) electrons. The third-order valence-corrected chi connectivity index (χ3v) is 6.31. The number of guanidine groups is 1. The summed E-state index contributed by atoms with van der Waals surface area (Å²) in [4.78, 5) is 9.59. The molecule has 0 bridgehead atoms. The number of nitrogens with one attached hydrogen (secondary N) is 2. The Balaban J connectivity index is 0.00000225. The Morgan fingerprint density at radius 3 is 2.44 bits per heavy atom. The van der Waals surface area contributed by atoms with Gasteiger partial charge < -0.3 is 15.5 Å². The summed E-state index contributed by atoms with van der Waals surface area (Å²) < 4.78 is 0. The zero-order chi connectivity index (χ0) is 16.8. The van der Waals surface area contributed by atoms with Crippen molar-refractivity contribution in [3.8, 4) is 0 Å². The van der Waals surface area contributed by atoms with Gasteiger partial charge in [0.15, 0.2) is 5.96 Å². The molecule has 1 atom stereocenters. The third kappa shape index (κ3) is 6.54. The topological polar surface area (TPSA) is 42.9 Å². The number of rotatable bonds is 5. The van der Waals surface area contributed by atoms with Crippen LogP contribution in [-0.2, 0) is 0 Å². The molecule has 1 aliphatic carbocycles. The van der Waals surface area contributed by atoms with Gasteiger partial charge in [0, 0.05) is 38.8 Å². The smallest absolute Gasteiger partial charge is 0.191 e. The van der Waals surface area contributed by atoms with E-state index < -0.39 is 0 Å². The maximum atomic E-state index is 4.44. The lowest BCUT2D eigenvalue weighted by atomic mass is 9.94. The van der Waals surface area contributed by atoms with Crippen LogP contribution in [0.3, 0.4) is 0 Å². The molecule has 6 heteroatoms. The zero-order valence-electron chi connectivity index (χ0n) is 16.2. The minimum absolute atomic E-state index is 0. The van der Waals surface area contributed by atoms with Gasteiger partial charge in [-0.25, -0.2) is 0 Å². The summed E-state index contributed by atoms with van der Waals surface area (Å²) in [6.45, 7) is 6.02. The van der Waals surface area contributed by atoms with Crippen molar-refractivity contribution in [1.29, 1.82) is 0 Å². The van der Waals surface area contributed by atoms with Crippen molar-refractivity contribution in [2.24, 2.45) is 10.9 Å². The van der Waals surface area contributed by atoms with Gasteiger partial charge in [0.05, 0.1) is 0 Å². The van der Waals surface area contributed by atoms with E-state index in [1.165, 1.54) is 77.5 Å². The molecule has 0 aromatic heterocycles. The van der Waals surface area contributed by atoms with E-state index in [9.17, 15) is 0 Å². The second-order valence-corrected chi connectivity index (χ2v) is 8.10. The van der Waals surface area contributed by atoms with Gasteiger partial charge in [-0.15, -0.1) is 24.0 Å². The largest absolute Gasteiger partial charge is 0.356 e. The Kier molecular flexibility index (Phi) is 9.27. The van der Waals surface area contributed by atoms with E-state index in [-0.39, 0.29) is 24.0 Å². The van der Waals surface area contributed by atoms with Crippen molar-refractivity contribution in [3.63, 3.8) is 0 Å². The summed E-state index contributed by atoms with van der Waals surface area (Å²) in [5.41, 5.74) is 0. The molecule has 1 unspecified atom stereocenters. The van der Waals surface area contributed by atoms with E-state index in [1.807, 2.05) is 7.05 Å². The maximum Gasteiger partial charge on any atom is 0.191 e. The van der Waals surface area contributed by atoms with Gasteiger partial charge in [0.25, 0.3) is 0 Å². The van der Waals surface area contributed by atoms with Crippen LogP contribution in [0.1, 0.15) is 51.4 Å². The highest BCUT2D eigenvalue weighted by atomic mass is 127. The Morgan fingerprint density at radius 2 is 1.76 bits per heavy atom. The number of nitrogens with zero attached hydrogens (tertiary/aromatic N) is 3. The Labute approximate surface area is 171 Å². The fourth-order valence-electron chi connectivity index (χ4n) is 4.64.